The number of nitrogens with one attached hydrogen (secondary N) is 2. The van der Waals surface area contributed by atoms with Gasteiger partial charge in [0.25, 0.3) is 0 Å². The Morgan fingerprint density at radius 3 is 2.09 bits per heavy atom. The molecule has 0 atom stereocenters. The van der Waals surface area contributed by atoms with Crippen molar-refractivity contribution in [2.24, 2.45) is 0 Å². The van der Waals surface area contributed by atoms with Gasteiger partial charge < -0.3 is 20.8 Å². The van der Waals surface area contributed by atoms with Crippen molar-refractivity contribution in [2.45, 2.75) is 12.8 Å². The summed E-state index contributed by atoms with van der Waals surface area (Å²) >= 11 is 0. The SMILES string of the molecule is Cc1ccc(O)c(-c2nc(N)ncc2C(c2c[nH]c3ccccc23)c2c[nH]c3ccccc23)c1. The van der Waals surface area contributed by atoms with Crippen molar-refractivity contribution in [3.63, 3.8) is 0 Å². The van der Waals surface area contributed by atoms with Gasteiger partial charge >= 0.3 is 0 Å². The normalized spacial score (nSPS) is 11.6. The zero-order valence-corrected chi connectivity index (χ0v) is 18.6. The Morgan fingerprint density at radius 1 is 0.824 bits per heavy atom. The number of phenolic OH excluding ortho intramolecular Hbond substituents is 1. The van der Waals surface area contributed by atoms with Gasteiger partial charge in [-0.05, 0) is 42.3 Å². The number of aryl methyl sites for hydroxylation is 1. The van der Waals surface area contributed by atoms with Crippen molar-refractivity contribution >= 4 is 27.8 Å². The van der Waals surface area contributed by atoms with Gasteiger partial charge in [-0.3, -0.25) is 0 Å². The number of para-hydroxylation sites is 2. The number of nitrogen functional groups attached to an aromatic ring is 1. The van der Waals surface area contributed by atoms with Crippen LogP contribution in [0.1, 0.15) is 28.2 Å². The molecule has 0 amide bonds. The Balaban J connectivity index is 1.69. The Kier molecular flexibility index (Phi) is 4.59. The molecule has 5 N–H and O–H groups in total. The fourth-order valence-electron chi connectivity index (χ4n) is 4.84. The number of nitrogens with two attached hydrogens (primary N) is 1. The first-order valence-corrected chi connectivity index (χ1v) is 11.1. The molecular weight excluding hydrogens is 422 g/mol. The minimum atomic E-state index is -0.206. The number of fused-ring (bicyclic) bond motifs is 2. The summed E-state index contributed by atoms with van der Waals surface area (Å²) in [6.07, 6.45) is 5.88. The second-order valence-corrected chi connectivity index (χ2v) is 8.56. The summed E-state index contributed by atoms with van der Waals surface area (Å²) in [7, 11) is 0. The lowest BCUT2D eigenvalue weighted by molar-refractivity contribution is 0.477. The second-order valence-electron chi connectivity index (χ2n) is 8.56. The lowest BCUT2D eigenvalue weighted by atomic mass is 9.83. The van der Waals surface area contributed by atoms with Gasteiger partial charge in [-0.25, -0.2) is 9.97 Å². The van der Waals surface area contributed by atoms with E-state index >= 15 is 0 Å². The van der Waals surface area contributed by atoms with E-state index in [-0.39, 0.29) is 17.6 Å². The molecule has 6 heteroatoms. The van der Waals surface area contributed by atoms with Crippen LogP contribution in [0.2, 0.25) is 0 Å². The van der Waals surface area contributed by atoms with Gasteiger partial charge in [-0.1, -0.05) is 48.0 Å². The molecule has 34 heavy (non-hydrogen) atoms. The molecule has 6 rings (SSSR count). The summed E-state index contributed by atoms with van der Waals surface area (Å²) in [4.78, 5) is 15.8. The van der Waals surface area contributed by atoms with E-state index in [1.807, 2.05) is 55.7 Å². The van der Waals surface area contributed by atoms with E-state index < -0.39 is 0 Å². The summed E-state index contributed by atoms with van der Waals surface area (Å²) in [6.45, 7) is 1.99. The molecule has 0 aliphatic heterocycles. The standard InChI is InChI=1S/C28H23N5O/c1-16-10-11-25(34)19(12-16)27-22(15-32-28(29)33-27)26(20-13-30-23-8-4-2-6-17(20)23)21-14-31-24-9-5-3-7-18(21)24/h2-15,26,30-31,34H,1H3,(H2,29,32,33). The Morgan fingerprint density at radius 2 is 1.44 bits per heavy atom. The van der Waals surface area contributed by atoms with Crippen molar-refractivity contribution in [3.05, 3.63) is 108 Å². The molecule has 0 aliphatic rings. The van der Waals surface area contributed by atoms with Gasteiger partial charge in [0, 0.05) is 57.4 Å². The molecule has 0 unspecified atom stereocenters. The van der Waals surface area contributed by atoms with E-state index in [0.717, 1.165) is 44.1 Å². The first-order chi connectivity index (χ1) is 16.6. The second kappa shape index (κ2) is 7.78. The van der Waals surface area contributed by atoms with Crippen LogP contribution in [0.3, 0.4) is 0 Å². The molecule has 6 nitrogen and oxygen atoms in total. The topological polar surface area (TPSA) is 104 Å². The molecule has 6 aromatic rings. The van der Waals surface area contributed by atoms with Crippen LogP contribution in [0.15, 0.2) is 85.3 Å². The van der Waals surface area contributed by atoms with E-state index in [4.69, 9.17) is 5.73 Å². The monoisotopic (exact) mass is 445 g/mol. The predicted octanol–water partition coefficient (Wildman–Crippen LogP) is 5.88. The molecule has 3 aromatic carbocycles. The van der Waals surface area contributed by atoms with Crippen molar-refractivity contribution in [3.8, 4) is 17.0 Å². The number of hydrogen-bond acceptors (Lipinski definition) is 4. The summed E-state index contributed by atoms with van der Waals surface area (Å²) in [5.41, 5.74) is 13.5. The third-order valence-corrected chi connectivity index (χ3v) is 6.42. The average Bonchev–Trinajstić information content (AvgIpc) is 3.47. The van der Waals surface area contributed by atoms with Gasteiger partial charge in [0.1, 0.15) is 5.75 Å². The predicted molar refractivity (Wildman–Crippen MR) is 136 cm³/mol. The molecule has 0 aliphatic carbocycles. The molecule has 0 radical (unpaired) electrons. The zero-order chi connectivity index (χ0) is 23.2. The third-order valence-electron chi connectivity index (χ3n) is 6.42. The zero-order valence-electron chi connectivity index (χ0n) is 18.6. The highest BCUT2D eigenvalue weighted by Gasteiger charge is 2.28. The summed E-state index contributed by atoms with van der Waals surface area (Å²) in [5, 5.41) is 13.0. The highest BCUT2D eigenvalue weighted by Crippen LogP contribution is 2.43. The minimum absolute atomic E-state index is 0.154. The number of H-pyrrole nitrogens is 2. The van der Waals surface area contributed by atoms with E-state index in [0.29, 0.717) is 11.3 Å². The summed E-state index contributed by atoms with van der Waals surface area (Å²) in [5.74, 6) is 0.112. The van der Waals surface area contributed by atoms with Gasteiger partial charge in [0.2, 0.25) is 5.95 Å². The number of rotatable bonds is 4. The van der Waals surface area contributed by atoms with E-state index in [1.165, 1.54) is 0 Å². The Bertz CT molecular complexity index is 1590. The smallest absolute Gasteiger partial charge is 0.220 e. The first kappa shape index (κ1) is 20.1. The van der Waals surface area contributed by atoms with Gasteiger partial charge in [0.05, 0.1) is 5.69 Å². The number of phenols is 1. The molecule has 3 heterocycles. The fraction of sp³-hybridized carbons (Fsp3) is 0.0714. The molecule has 166 valence electrons. The third kappa shape index (κ3) is 3.19. The Labute approximate surface area is 196 Å². The molecule has 0 saturated heterocycles. The molecule has 0 fully saturated rings. The number of aromatic nitrogens is 4. The quantitative estimate of drug-likeness (QED) is 0.272. The summed E-state index contributed by atoms with van der Waals surface area (Å²) in [6, 6.07) is 22.0. The van der Waals surface area contributed by atoms with Crippen LogP contribution in [0, 0.1) is 6.92 Å². The van der Waals surface area contributed by atoms with E-state index in [9.17, 15) is 5.11 Å². The fourth-order valence-corrected chi connectivity index (χ4v) is 4.84. The maximum atomic E-state index is 10.8. The van der Waals surface area contributed by atoms with Crippen LogP contribution >= 0.6 is 0 Å². The lowest BCUT2D eigenvalue weighted by Crippen LogP contribution is -2.09. The van der Waals surface area contributed by atoms with Gasteiger partial charge in [-0.2, -0.15) is 0 Å². The van der Waals surface area contributed by atoms with Crippen LogP contribution in [-0.2, 0) is 0 Å². The number of aromatic amines is 2. The molecule has 3 aromatic heterocycles. The van der Waals surface area contributed by atoms with Crippen LogP contribution < -0.4 is 5.73 Å². The van der Waals surface area contributed by atoms with Gasteiger partial charge in [-0.15, -0.1) is 0 Å². The highest BCUT2D eigenvalue weighted by atomic mass is 16.3. The lowest BCUT2D eigenvalue weighted by Gasteiger charge is -2.21. The number of aromatic hydroxyl groups is 1. The Hall–Kier alpha value is -4.58. The number of nitrogens with zero attached hydrogens (tertiary/aromatic N) is 2. The molecular formula is C28H23N5O. The number of anilines is 1. The first-order valence-electron chi connectivity index (χ1n) is 11.1. The van der Waals surface area contributed by atoms with Gasteiger partial charge in [0.15, 0.2) is 0 Å². The van der Waals surface area contributed by atoms with E-state index in [2.05, 4.69) is 44.2 Å². The molecule has 0 bridgehead atoms. The maximum absolute atomic E-state index is 10.8. The summed E-state index contributed by atoms with van der Waals surface area (Å²) < 4.78 is 0. The van der Waals surface area contributed by atoms with Crippen LogP contribution in [-0.4, -0.2) is 25.0 Å². The average molecular weight is 446 g/mol. The van der Waals surface area contributed by atoms with Crippen molar-refractivity contribution in [2.75, 3.05) is 5.73 Å². The van der Waals surface area contributed by atoms with Crippen molar-refractivity contribution in [1.29, 1.82) is 0 Å². The van der Waals surface area contributed by atoms with Crippen molar-refractivity contribution in [1.82, 2.24) is 19.9 Å². The molecule has 0 spiro atoms. The van der Waals surface area contributed by atoms with Crippen molar-refractivity contribution < 1.29 is 5.11 Å². The van der Waals surface area contributed by atoms with Crippen LogP contribution in [0.4, 0.5) is 5.95 Å². The van der Waals surface area contributed by atoms with E-state index in [1.54, 1.807) is 12.3 Å². The molecule has 0 saturated carbocycles. The van der Waals surface area contributed by atoms with Crippen LogP contribution in [0.5, 0.6) is 5.75 Å². The number of benzene rings is 3. The maximum Gasteiger partial charge on any atom is 0.220 e. The largest absolute Gasteiger partial charge is 0.507 e. The van der Waals surface area contributed by atoms with Crippen LogP contribution in [0.25, 0.3) is 33.1 Å². The number of hydrogen-bond donors (Lipinski definition) is 4. The highest BCUT2D eigenvalue weighted by molar-refractivity contribution is 5.90. The minimum Gasteiger partial charge on any atom is -0.507 e.